The first kappa shape index (κ1) is 62.1. The van der Waals surface area contributed by atoms with Crippen LogP contribution in [0.5, 0.6) is 0 Å². The van der Waals surface area contributed by atoms with Crippen LogP contribution in [0.15, 0.2) is 109 Å². The topological polar surface area (TPSA) is 190 Å². The molecule has 18 nitrogen and oxygen atoms in total. The van der Waals surface area contributed by atoms with Crippen molar-refractivity contribution in [2.45, 2.75) is 84.1 Å². The molecule has 0 aliphatic carbocycles. The van der Waals surface area contributed by atoms with Crippen molar-refractivity contribution >= 4 is 28.9 Å². The molecule has 0 saturated carbocycles. The number of nitrogens with one attached hydrogen (secondary N) is 2. The third-order valence-corrected chi connectivity index (χ3v) is 13.7. The Morgan fingerprint density at radius 1 is 0.557 bits per heavy atom. The van der Waals surface area contributed by atoms with E-state index in [1.807, 2.05) is 24.3 Å². The second kappa shape index (κ2) is 34.1. The fourth-order valence-electron chi connectivity index (χ4n) is 9.39. The summed E-state index contributed by atoms with van der Waals surface area (Å²) in [4.78, 5) is 27.2. The zero-order valence-corrected chi connectivity index (χ0v) is 47.6. The highest BCUT2D eigenvalue weighted by molar-refractivity contribution is 6.03. The number of allylic oxidation sites excluding steroid dienone is 6. The van der Waals surface area contributed by atoms with Gasteiger partial charge in [0.05, 0.1) is 111 Å². The van der Waals surface area contributed by atoms with Crippen molar-refractivity contribution in [3.63, 3.8) is 0 Å². The number of rotatable bonds is 39. The van der Waals surface area contributed by atoms with Gasteiger partial charge < -0.3 is 53.4 Å². The van der Waals surface area contributed by atoms with E-state index in [4.69, 9.17) is 37.9 Å². The molecular formula is C61H85N8O10+. The molecule has 2 aliphatic rings. The molecule has 2 aliphatic heterocycles. The van der Waals surface area contributed by atoms with E-state index in [0.29, 0.717) is 137 Å². The lowest BCUT2D eigenvalue weighted by Crippen LogP contribution is -2.28. The third kappa shape index (κ3) is 20.5. The van der Waals surface area contributed by atoms with E-state index in [2.05, 4.69) is 154 Å². The first-order chi connectivity index (χ1) is 38.5. The van der Waals surface area contributed by atoms with Gasteiger partial charge in [0, 0.05) is 72.5 Å². The van der Waals surface area contributed by atoms with Crippen LogP contribution >= 0.6 is 0 Å². The van der Waals surface area contributed by atoms with Gasteiger partial charge in [0.15, 0.2) is 11.5 Å². The maximum absolute atomic E-state index is 12.6. The number of nitrogens with zero attached hydrogens (tertiary/aromatic N) is 6. The van der Waals surface area contributed by atoms with Gasteiger partial charge in [-0.2, -0.15) is 4.58 Å². The molecule has 0 saturated heterocycles. The van der Waals surface area contributed by atoms with Crippen molar-refractivity contribution in [3.05, 3.63) is 131 Å². The summed E-state index contributed by atoms with van der Waals surface area (Å²) >= 11 is 0. The number of para-hydroxylation sites is 2. The van der Waals surface area contributed by atoms with E-state index in [-0.39, 0.29) is 29.1 Å². The number of amides is 2. The molecule has 0 spiro atoms. The summed E-state index contributed by atoms with van der Waals surface area (Å²) in [5, 5.41) is 21.8. The molecule has 79 heavy (non-hydrogen) atoms. The van der Waals surface area contributed by atoms with Crippen LogP contribution < -0.4 is 15.5 Å². The van der Waals surface area contributed by atoms with E-state index in [0.717, 1.165) is 36.9 Å². The second-order valence-corrected chi connectivity index (χ2v) is 20.2. The van der Waals surface area contributed by atoms with Crippen LogP contribution in [0.1, 0.15) is 82.3 Å². The number of carbonyl (C=O) groups is 2. The fourth-order valence-corrected chi connectivity index (χ4v) is 9.39. The Hall–Kier alpha value is -6.09. The molecule has 18 heteroatoms. The minimum atomic E-state index is -0.120. The van der Waals surface area contributed by atoms with Gasteiger partial charge in [-0.1, -0.05) is 99.2 Å². The Morgan fingerprint density at radius 2 is 1.09 bits per heavy atom. The summed E-state index contributed by atoms with van der Waals surface area (Å²) in [6.45, 7) is 19.8. The van der Waals surface area contributed by atoms with Crippen molar-refractivity contribution in [3.8, 4) is 11.4 Å². The van der Waals surface area contributed by atoms with Gasteiger partial charge in [-0.25, -0.2) is 0 Å². The fraction of sp³-hybridized carbons (Fsp3) is 0.525. The van der Waals surface area contributed by atoms with Crippen molar-refractivity contribution in [2.75, 3.05) is 131 Å². The Balaban J connectivity index is 0.662. The number of fused-ring (bicyclic) bond motifs is 2. The van der Waals surface area contributed by atoms with Gasteiger partial charge >= 0.3 is 0 Å². The van der Waals surface area contributed by atoms with Crippen LogP contribution in [0.4, 0.5) is 11.4 Å². The van der Waals surface area contributed by atoms with Gasteiger partial charge in [0.25, 0.3) is 0 Å². The molecule has 4 aromatic rings. The van der Waals surface area contributed by atoms with Gasteiger partial charge in [-0.05, 0) is 56.9 Å². The maximum Gasteiger partial charge on any atom is 0.222 e. The van der Waals surface area contributed by atoms with Crippen molar-refractivity contribution < 1.29 is 52.1 Å². The average Bonchev–Trinajstić information content (AvgIpc) is 3.81. The highest BCUT2D eigenvalue weighted by atomic mass is 16.6. The molecule has 428 valence electrons. The molecule has 3 heterocycles. The average molecular weight is 1090 g/mol. The monoisotopic (exact) mass is 1090 g/mol. The SMILES string of the molecule is Cc1nnc(-c2ccc(CNC(=O)CCOCCOCCOCCOCCOCCOCCOCCOCCNC(=O)CCCCCN3\C(=C/C=C/C=C/C4=[N+](C)c5ccccc5C4(C)C)C(C)(C)c4ccccc43)cc2)nn1. The molecule has 0 radical (unpaired) electrons. The zero-order chi connectivity index (χ0) is 56.0. The van der Waals surface area contributed by atoms with E-state index >= 15 is 0 Å². The minimum Gasteiger partial charge on any atom is -0.379 e. The number of hydrogen-bond acceptors (Lipinski definition) is 15. The van der Waals surface area contributed by atoms with E-state index in [1.54, 1.807) is 6.92 Å². The Labute approximate surface area is 467 Å². The molecule has 0 atom stereocenters. The van der Waals surface area contributed by atoms with Crippen molar-refractivity contribution in [1.29, 1.82) is 0 Å². The minimum absolute atomic E-state index is 0.0535. The summed E-state index contributed by atoms with van der Waals surface area (Å²) in [6, 6.07) is 24.9. The van der Waals surface area contributed by atoms with Gasteiger partial charge in [-0.3, -0.25) is 9.59 Å². The lowest BCUT2D eigenvalue weighted by atomic mass is 9.81. The predicted octanol–water partition coefficient (Wildman–Crippen LogP) is 7.56. The van der Waals surface area contributed by atoms with Gasteiger partial charge in [0.1, 0.15) is 7.05 Å². The summed E-state index contributed by atoms with van der Waals surface area (Å²) in [5.41, 5.74) is 9.39. The molecule has 2 amide bonds. The number of ether oxygens (including phenoxy) is 8. The summed E-state index contributed by atoms with van der Waals surface area (Å²) < 4.78 is 46.8. The number of aromatic nitrogens is 4. The Bertz CT molecular complexity index is 2590. The predicted molar refractivity (Wildman–Crippen MR) is 306 cm³/mol. The quantitative estimate of drug-likeness (QED) is 0.0253. The van der Waals surface area contributed by atoms with Crippen molar-refractivity contribution in [1.82, 2.24) is 31.0 Å². The first-order valence-electron chi connectivity index (χ1n) is 27.9. The molecule has 6 rings (SSSR count). The molecular weight excluding hydrogens is 1000 g/mol. The highest BCUT2D eigenvalue weighted by Crippen LogP contribution is 2.47. The Kier molecular flexibility index (Phi) is 26.8. The molecule has 0 unspecified atom stereocenters. The van der Waals surface area contributed by atoms with Crippen LogP contribution in [0.2, 0.25) is 0 Å². The molecule has 1 aromatic heterocycles. The lowest BCUT2D eigenvalue weighted by molar-refractivity contribution is -0.401. The highest BCUT2D eigenvalue weighted by Gasteiger charge is 2.42. The largest absolute Gasteiger partial charge is 0.379 e. The first-order valence-corrected chi connectivity index (χ1v) is 27.9. The number of anilines is 1. The van der Waals surface area contributed by atoms with Gasteiger partial charge in [0.2, 0.25) is 23.3 Å². The maximum atomic E-state index is 12.6. The molecule has 3 aromatic carbocycles. The van der Waals surface area contributed by atoms with Crippen molar-refractivity contribution in [2.24, 2.45) is 0 Å². The van der Waals surface area contributed by atoms with Crippen LogP contribution in [-0.2, 0) is 64.9 Å². The number of aryl methyl sites for hydroxylation is 1. The van der Waals surface area contributed by atoms with E-state index in [1.165, 1.54) is 33.9 Å². The van der Waals surface area contributed by atoms with Crippen LogP contribution in [0, 0.1) is 6.92 Å². The summed E-state index contributed by atoms with van der Waals surface area (Å²) in [6.07, 6.45) is 14.5. The lowest BCUT2D eigenvalue weighted by Gasteiger charge is -2.27. The van der Waals surface area contributed by atoms with E-state index < -0.39 is 0 Å². The molecule has 0 fully saturated rings. The van der Waals surface area contributed by atoms with Gasteiger partial charge in [-0.15, -0.1) is 20.4 Å². The standard InChI is InChI=1S/C61H84N8O10/c1-48-64-66-59(67-65-48)50-26-24-49(25-27-50)47-63-58(71)28-31-72-33-35-74-37-39-76-41-43-78-45-46-79-44-42-77-40-38-75-36-34-73-32-29-62-57(70)23-11-8-16-30-69-54-20-15-13-18-52(54)61(4,5)56(69)22-10-7-9-21-55-60(2,3)51-17-12-14-19-53(51)68(55)6/h7,9-10,12-15,17-22,24-27H,8,11,16,23,28-47H2,1-6H3,(H-,62,63,70,71)/p+1. The number of benzene rings is 3. The normalized spacial score (nSPS) is 15.0. The third-order valence-electron chi connectivity index (χ3n) is 13.7. The number of carbonyl (C=O) groups excluding carboxylic acids is 2. The van der Waals surface area contributed by atoms with Crippen LogP contribution in [0.25, 0.3) is 11.4 Å². The van der Waals surface area contributed by atoms with Crippen LogP contribution in [0.3, 0.4) is 0 Å². The smallest absolute Gasteiger partial charge is 0.222 e. The summed E-state index contributed by atoms with van der Waals surface area (Å²) in [7, 11) is 2.15. The second-order valence-electron chi connectivity index (χ2n) is 20.2. The number of hydrogen-bond donors (Lipinski definition) is 2. The summed E-state index contributed by atoms with van der Waals surface area (Å²) in [5.74, 6) is 0.933. The molecule has 0 bridgehead atoms. The van der Waals surface area contributed by atoms with E-state index in [9.17, 15) is 9.59 Å². The molecule has 2 N–H and O–H groups in total. The number of unbranched alkanes of at least 4 members (excludes halogenated alkanes) is 2. The van der Waals surface area contributed by atoms with Crippen LogP contribution in [-0.4, -0.2) is 168 Å². The Morgan fingerprint density at radius 3 is 1.68 bits per heavy atom. The zero-order valence-electron chi connectivity index (χ0n) is 47.6.